The number of aromatic nitrogens is 3. The molecule has 3 heterocycles. The number of benzene rings is 1. The normalized spacial score (nSPS) is 14.8. The smallest absolute Gasteiger partial charge is 0.335 e. The Hall–Kier alpha value is -3.52. The number of pyridine rings is 1. The van der Waals surface area contributed by atoms with Crippen LogP contribution in [-0.2, 0) is 13.1 Å². The molecule has 3 aromatic rings. The molecule has 31 heavy (non-hydrogen) atoms. The highest BCUT2D eigenvalue weighted by atomic mass is 16.2. The molecule has 1 saturated heterocycles. The lowest BCUT2D eigenvalue weighted by Crippen LogP contribution is -2.45. The molecule has 8 nitrogen and oxygen atoms in total. The summed E-state index contributed by atoms with van der Waals surface area (Å²) in [5, 5.41) is 5.98. The first-order valence-electron chi connectivity index (χ1n) is 10.5. The number of carbonyl (C=O) groups is 1. The number of hydrogen-bond acceptors (Lipinski definition) is 5. The van der Waals surface area contributed by atoms with Gasteiger partial charge in [-0.2, -0.15) is 0 Å². The SMILES string of the molecule is O=C(Nc1cccc(Cn2cccnc2=O)c1)NC1CCN(Cc2ccccn2)CC1. The minimum Gasteiger partial charge on any atom is -0.335 e. The van der Waals surface area contributed by atoms with Crippen LogP contribution in [0.15, 0.2) is 71.9 Å². The topological polar surface area (TPSA) is 92.1 Å². The molecule has 4 rings (SSSR count). The van der Waals surface area contributed by atoms with E-state index in [-0.39, 0.29) is 17.8 Å². The maximum Gasteiger partial charge on any atom is 0.347 e. The van der Waals surface area contributed by atoms with E-state index >= 15 is 0 Å². The molecule has 160 valence electrons. The molecule has 0 aliphatic carbocycles. The van der Waals surface area contributed by atoms with Crippen molar-refractivity contribution in [2.75, 3.05) is 18.4 Å². The monoisotopic (exact) mass is 418 g/mol. The lowest BCUT2D eigenvalue weighted by atomic mass is 10.1. The van der Waals surface area contributed by atoms with E-state index < -0.39 is 0 Å². The third-order valence-electron chi connectivity index (χ3n) is 5.36. The second kappa shape index (κ2) is 9.99. The Labute approximate surface area is 181 Å². The Balaban J connectivity index is 1.26. The quantitative estimate of drug-likeness (QED) is 0.642. The first kappa shape index (κ1) is 20.7. The maximum atomic E-state index is 12.5. The van der Waals surface area contributed by atoms with E-state index in [1.165, 1.54) is 10.8 Å². The summed E-state index contributed by atoms with van der Waals surface area (Å²) in [6.45, 7) is 3.10. The van der Waals surface area contributed by atoms with Crippen LogP contribution in [0.25, 0.3) is 0 Å². The van der Waals surface area contributed by atoms with Crippen LogP contribution < -0.4 is 16.3 Å². The summed E-state index contributed by atoms with van der Waals surface area (Å²) >= 11 is 0. The molecular weight excluding hydrogens is 392 g/mol. The van der Waals surface area contributed by atoms with Gasteiger partial charge in [-0.05, 0) is 48.7 Å². The summed E-state index contributed by atoms with van der Waals surface area (Å²) < 4.78 is 1.53. The molecule has 1 aromatic carbocycles. The molecular formula is C23H26N6O2. The van der Waals surface area contributed by atoms with Crippen molar-refractivity contribution in [3.8, 4) is 0 Å². The first-order valence-corrected chi connectivity index (χ1v) is 10.5. The number of nitrogens with one attached hydrogen (secondary N) is 2. The minimum atomic E-state index is -0.298. The van der Waals surface area contributed by atoms with Crippen molar-refractivity contribution in [2.24, 2.45) is 0 Å². The van der Waals surface area contributed by atoms with Gasteiger partial charge in [0.05, 0.1) is 12.2 Å². The first-order chi connectivity index (χ1) is 15.2. The number of carbonyl (C=O) groups excluding carboxylic acids is 1. The van der Waals surface area contributed by atoms with E-state index in [4.69, 9.17) is 0 Å². The molecule has 1 aliphatic rings. The molecule has 2 N–H and O–H groups in total. The average molecular weight is 419 g/mol. The van der Waals surface area contributed by atoms with Gasteiger partial charge < -0.3 is 10.6 Å². The fraction of sp³-hybridized carbons (Fsp3) is 0.304. The van der Waals surface area contributed by atoms with Gasteiger partial charge >= 0.3 is 11.7 Å². The van der Waals surface area contributed by atoms with Crippen LogP contribution in [0.2, 0.25) is 0 Å². The van der Waals surface area contributed by atoms with Crippen LogP contribution in [0, 0.1) is 0 Å². The van der Waals surface area contributed by atoms with Crippen molar-refractivity contribution in [1.29, 1.82) is 0 Å². The van der Waals surface area contributed by atoms with Crippen molar-refractivity contribution in [3.05, 3.63) is 88.9 Å². The molecule has 1 aliphatic heterocycles. The summed E-state index contributed by atoms with van der Waals surface area (Å²) in [5.41, 5.74) is 2.38. The predicted octanol–water partition coefficient (Wildman–Crippen LogP) is 2.47. The van der Waals surface area contributed by atoms with Crippen molar-refractivity contribution in [2.45, 2.75) is 32.0 Å². The third kappa shape index (κ3) is 5.99. The Morgan fingerprint density at radius 1 is 1.00 bits per heavy atom. The second-order valence-electron chi connectivity index (χ2n) is 7.70. The number of urea groups is 1. The lowest BCUT2D eigenvalue weighted by molar-refractivity contribution is 0.188. The van der Waals surface area contributed by atoms with E-state index in [1.807, 2.05) is 48.7 Å². The van der Waals surface area contributed by atoms with Crippen LogP contribution in [0.5, 0.6) is 0 Å². The van der Waals surface area contributed by atoms with Crippen molar-refractivity contribution < 1.29 is 4.79 Å². The summed E-state index contributed by atoms with van der Waals surface area (Å²) in [4.78, 5) is 34.8. The average Bonchev–Trinajstić information content (AvgIpc) is 2.78. The predicted molar refractivity (Wildman–Crippen MR) is 119 cm³/mol. The van der Waals surface area contributed by atoms with Crippen LogP contribution in [-0.4, -0.2) is 44.6 Å². The van der Waals surface area contributed by atoms with E-state index in [9.17, 15) is 9.59 Å². The van der Waals surface area contributed by atoms with Crippen molar-refractivity contribution in [1.82, 2.24) is 24.8 Å². The number of rotatable bonds is 6. The second-order valence-corrected chi connectivity index (χ2v) is 7.70. The minimum absolute atomic E-state index is 0.150. The third-order valence-corrected chi connectivity index (χ3v) is 5.36. The molecule has 8 heteroatoms. The molecule has 0 saturated carbocycles. The van der Waals surface area contributed by atoms with Gasteiger partial charge in [-0.25, -0.2) is 14.6 Å². The van der Waals surface area contributed by atoms with Gasteiger partial charge in [0, 0.05) is 50.0 Å². The van der Waals surface area contributed by atoms with Gasteiger partial charge in [0.2, 0.25) is 0 Å². The van der Waals surface area contributed by atoms with E-state index in [0.29, 0.717) is 12.2 Å². The molecule has 1 fully saturated rings. The number of piperidine rings is 1. The van der Waals surface area contributed by atoms with Gasteiger partial charge in [-0.1, -0.05) is 18.2 Å². The number of anilines is 1. The van der Waals surface area contributed by atoms with E-state index in [2.05, 4.69) is 25.5 Å². The number of likely N-dealkylation sites (tertiary alicyclic amines) is 1. The number of hydrogen-bond donors (Lipinski definition) is 2. The van der Waals surface area contributed by atoms with E-state index in [0.717, 1.165) is 43.7 Å². The molecule has 0 unspecified atom stereocenters. The highest BCUT2D eigenvalue weighted by Gasteiger charge is 2.21. The maximum absolute atomic E-state index is 12.5. The Morgan fingerprint density at radius 3 is 2.61 bits per heavy atom. The zero-order valence-electron chi connectivity index (χ0n) is 17.3. The highest BCUT2D eigenvalue weighted by Crippen LogP contribution is 2.14. The standard InChI is InChI=1S/C23H26N6O2/c30-22(26-19-8-13-28(14-9-19)17-21-6-1-2-10-24-21)27-20-7-3-5-18(15-20)16-29-12-4-11-25-23(29)31/h1-7,10-12,15,19H,8-9,13-14,16-17H2,(H2,26,27,30). The van der Waals surface area contributed by atoms with Gasteiger partial charge in [-0.15, -0.1) is 0 Å². The fourth-order valence-corrected chi connectivity index (χ4v) is 3.76. The molecule has 2 amide bonds. The van der Waals surface area contributed by atoms with Crippen molar-refractivity contribution in [3.63, 3.8) is 0 Å². The Bertz CT molecular complexity index is 1060. The lowest BCUT2D eigenvalue weighted by Gasteiger charge is -2.32. The summed E-state index contributed by atoms with van der Waals surface area (Å²) in [6.07, 6.45) is 6.80. The van der Waals surface area contributed by atoms with Crippen LogP contribution in [0.3, 0.4) is 0 Å². The Kier molecular flexibility index (Phi) is 6.68. The fourth-order valence-electron chi connectivity index (χ4n) is 3.76. The zero-order chi connectivity index (χ0) is 21.5. The van der Waals surface area contributed by atoms with Gasteiger partial charge in [0.15, 0.2) is 0 Å². The highest BCUT2D eigenvalue weighted by molar-refractivity contribution is 5.89. The Morgan fingerprint density at radius 2 is 1.84 bits per heavy atom. The van der Waals surface area contributed by atoms with Gasteiger partial charge in [0.25, 0.3) is 0 Å². The van der Waals surface area contributed by atoms with Crippen LogP contribution in [0.4, 0.5) is 10.5 Å². The molecule has 0 bridgehead atoms. The van der Waals surface area contributed by atoms with E-state index in [1.54, 1.807) is 12.3 Å². The molecule has 2 aromatic heterocycles. The largest absolute Gasteiger partial charge is 0.347 e. The summed E-state index contributed by atoms with van der Waals surface area (Å²) in [6, 6.07) is 15.1. The zero-order valence-corrected chi connectivity index (χ0v) is 17.3. The summed E-state index contributed by atoms with van der Waals surface area (Å²) in [7, 11) is 0. The molecule has 0 atom stereocenters. The number of nitrogens with zero attached hydrogens (tertiary/aromatic N) is 4. The number of amides is 2. The molecule has 0 radical (unpaired) electrons. The van der Waals surface area contributed by atoms with Gasteiger partial charge in [0.1, 0.15) is 0 Å². The van der Waals surface area contributed by atoms with Crippen molar-refractivity contribution >= 4 is 11.7 Å². The van der Waals surface area contributed by atoms with Gasteiger partial charge in [-0.3, -0.25) is 14.5 Å². The van der Waals surface area contributed by atoms with Crippen LogP contribution in [0.1, 0.15) is 24.1 Å². The van der Waals surface area contributed by atoms with Crippen LogP contribution >= 0.6 is 0 Å². The molecule has 0 spiro atoms. The summed E-state index contributed by atoms with van der Waals surface area (Å²) in [5.74, 6) is 0.